The molecule has 18 heavy (non-hydrogen) atoms. The first-order valence-electron chi connectivity index (χ1n) is 5.67. The highest BCUT2D eigenvalue weighted by molar-refractivity contribution is 6.33. The quantitative estimate of drug-likeness (QED) is 0.600. The van der Waals surface area contributed by atoms with Gasteiger partial charge >= 0.3 is 0 Å². The average Bonchev–Trinajstić information content (AvgIpc) is 2.71. The molecule has 0 saturated carbocycles. The summed E-state index contributed by atoms with van der Waals surface area (Å²) in [4.78, 5) is 0. The van der Waals surface area contributed by atoms with Crippen LogP contribution in [0.3, 0.4) is 0 Å². The third-order valence-electron chi connectivity index (χ3n) is 3.16. The monoisotopic (exact) mass is 259 g/mol. The molecule has 0 aliphatic carbocycles. The highest BCUT2D eigenvalue weighted by atomic mass is 35.5. The molecule has 0 atom stereocenters. The van der Waals surface area contributed by atoms with E-state index in [1.165, 1.54) is 12.1 Å². The number of benzene rings is 2. The molecular weight excluding hydrogens is 249 g/mol. The Morgan fingerprint density at radius 3 is 2.61 bits per heavy atom. The third-order valence-corrected chi connectivity index (χ3v) is 3.49. The van der Waals surface area contributed by atoms with Crippen LogP contribution < -0.4 is 0 Å². The van der Waals surface area contributed by atoms with Crippen LogP contribution in [0, 0.1) is 5.82 Å². The molecule has 0 unspecified atom stereocenters. The molecule has 0 aliphatic heterocycles. The molecule has 3 rings (SSSR count). The summed E-state index contributed by atoms with van der Waals surface area (Å²) in [6, 6.07) is 14.5. The summed E-state index contributed by atoms with van der Waals surface area (Å²) < 4.78 is 15.4. The smallest absolute Gasteiger partial charge is 0.123 e. The summed E-state index contributed by atoms with van der Waals surface area (Å²) in [5.74, 6) is -0.278. The molecule has 1 aromatic heterocycles. The molecule has 0 bridgehead atoms. The lowest BCUT2D eigenvalue weighted by Gasteiger charge is -2.06. The van der Waals surface area contributed by atoms with Crippen LogP contribution in [0.1, 0.15) is 0 Å². The Morgan fingerprint density at radius 2 is 1.83 bits per heavy atom. The van der Waals surface area contributed by atoms with Gasteiger partial charge in [-0.05, 0) is 30.3 Å². The summed E-state index contributed by atoms with van der Waals surface area (Å²) in [5, 5.41) is 1.68. The van der Waals surface area contributed by atoms with E-state index in [2.05, 4.69) is 0 Å². The minimum absolute atomic E-state index is 0.278. The first kappa shape index (κ1) is 11.3. The number of nitrogens with zero attached hydrogens (tertiary/aromatic N) is 1. The fourth-order valence-corrected chi connectivity index (χ4v) is 2.46. The molecule has 0 saturated heterocycles. The number of hydrogen-bond acceptors (Lipinski definition) is 0. The van der Waals surface area contributed by atoms with Crippen molar-refractivity contribution in [3.63, 3.8) is 0 Å². The van der Waals surface area contributed by atoms with Gasteiger partial charge in [-0.25, -0.2) is 4.39 Å². The van der Waals surface area contributed by atoms with Gasteiger partial charge in [-0.1, -0.05) is 29.8 Å². The van der Waals surface area contributed by atoms with E-state index in [0.717, 1.165) is 22.2 Å². The maximum atomic E-state index is 13.4. The SMILES string of the molecule is Cn1c(-c2cc(F)ccc2Cl)cc2ccccc21. The van der Waals surface area contributed by atoms with Crippen LogP contribution in [0.15, 0.2) is 48.5 Å². The number of rotatable bonds is 1. The molecule has 2 aromatic carbocycles. The average molecular weight is 260 g/mol. The number of fused-ring (bicyclic) bond motifs is 1. The highest BCUT2D eigenvalue weighted by Gasteiger charge is 2.11. The number of hydrogen-bond donors (Lipinski definition) is 0. The Labute approximate surface area is 109 Å². The van der Waals surface area contributed by atoms with Gasteiger partial charge in [0, 0.05) is 23.5 Å². The normalized spacial score (nSPS) is 11.1. The van der Waals surface area contributed by atoms with Gasteiger partial charge < -0.3 is 4.57 Å². The topological polar surface area (TPSA) is 4.93 Å². The van der Waals surface area contributed by atoms with Crippen LogP contribution in [0.5, 0.6) is 0 Å². The van der Waals surface area contributed by atoms with Crippen molar-refractivity contribution in [1.29, 1.82) is 0 Å². The second kappa shape index (κ2) is 4.14. The third kappa shape index (κ3) is 1.70. The van der Waals surface area contributed by atoms with Gasteiger partial charge in [-0.2, -0.15) is 0 Å². The molecular formula is C15H11ClFN. The van der Waals surface area contributed by atoms with Gasteiger partial charge in [0.2, 0.25) is 0 Å². The van der Waals surface area contributed by atoms with Crippen molar-refractivity contribution in [3.05, 3.63) is 59.4 Å². The second-order valence-electron chi connectivity index (χ2n) is 4.27. The summed E-state index contributed by atoms with van der Waals surface area (Å²) in [7, 11) is 1.96. The molecule has 0 aliphatic rings. The molecule has 0 fully saturated rings. The van der Waals surface area contributed by atoms with Crippen LogP contribution in [0.2, 0.25) is 5.02 Å². The Hall–Kier alpha value is -1.80. The molecule has 3 heteroatoms. The van der Waals surface area contributed by atoms with E-state index >= 15 is 0 Å². The fourth-order valence-electron chi connectivity index (χ4n) is 2.24. The summed E-state index contributed by atoms with van der Waals surface area (Å²) in [6.07, 6.45) is 0. The Balaban J connectivity index is 2.31. The van der Waals surface area contributed by atoms with Crippen LogP contribution >= 0.6 is 11.6 Å². The Kier molecular flexibility index (Phi) is 2.60. The van der Waals surface area contributed by atoms with Crippen molar-refractivity contribution in [2.75, 3.05) is 0 Å². The van der Waals surface area contributed by atoms with Crippen molar-refractivity contribution >= 4 is 22.5 Å². The lowest BCUT2D eigenvalue weighted by atomic mass is 10.1. The van der Waals surface area contributed by atoms with Gasteiger partial charge in [-0.3, -0.25) is 0 Å². The number of halogens is 2. The predicted molar refractivity (Wildman–Crippen MR) is 73.3 cm³/mol. The van der Waals surface area contributed by atoms with Crippen LogP contribution in [-0.4, -0.2) is 4.57 Å². The van der Waals surface area contributed by atoms with E-state index < -0.39 is 0 Å². The maximum Gasteiger partial charge on any atom is 0.123 e. The molecule has 3 aromatic rings. The first-order valence-corrected chi connectivity index (χ1v) is 6.04. The van der Waals surface area contributed by atoms with Crippen LogP contribution in [0.4, 0.5) is 4.39 Å². The summed E-state index contributed by atoms with van der Waals surface area (Å²) in [5.41, 5.74) is 2.74. The molecule has 0 N–H and O–H groups in total. The lowest BCUT2D eigenvalue weighted by molar-refractivity contribution is 0.628. The van der Waals surface area contributed by atoms with Crippen LogP contribution in [0.25, 0.3) is 22.2 Å². The zero-order valence-corrected chi connectivity index (χ0v) is 10.6. The van der Waals surface area contributed by atoms with E-state index in [-0.39, 0.29) is 5.82 Å². The Morgan fingerprint density at radius 1 is 1.06 bits per heavy atom. The predicted octanol–water partition coefficient (Wildman–Crippen LogP) is 4.64. The van der Waals surface area contributed by atoms with Gasteiger partial charge in [0.1, 0.15) is 5.82 Å². The summed E-state index contributed by atoms with van der Waals surface area (Å²) in [6.45, 7) is 0. The highest BCUT2D eigenvalue weighted by Crippen LogP contribution is 2.32. The number of aryl methyl sites for hydroxylation is 1. The summed E-state index contributed by atoms with van der Waals surface area (Å²) >= 11 is 6.15. The van der Waals surface area contributed by atoms with Crippen molar-refractivity contribution in [3.8, 4) is 11.3 Å². The molecule has 0 spiro atoms. The fraction of sp³-hybridized carbons (Fsp3) is 0.0667. The van der Waals surface area contributed by atoms with E-state index in [0.29, 0.717) is 5.02 Å². The van der Waals surface area contributed by atoms with Crippen molar-refractivity contribution in [2.24, 2.45) is 7.05 Å². The maximum absolute atomic E-state index is 13.4. The first-order chi connectivity index (χ1) is 8.66. The zero-order valence-electron chi connectivity index (χ0n) is 9.82. The van der Waals surface area contributed by atoms with Gasteiger partial charge in [0.15, 0.2) is 0 Å². The zero-order chi connectivity index (χ0) is 12.7. The van der Waals surface area contributed by atoms with Gasteiger partial charge in [0.25, 0.3) is 0 Å². The van der Waals surface area contributed by atoms with Gasteiger partial charge in [-0.15, -0.1) is 0 Å². The van der Waals surface area contributed by atoms with E-state index in [4.69, 9.17) is 11.6 Å². The minimum Gasteiger partial charge on any atom is -0.344 e. The number of aromatic nitrogens is 1. The second-order valence-corrected chi connectivity index (χ2v) is 4.68. The van der Waals surface area contributed by atoms with E-state index in [1.54, 1.807) is 6.07 Å². The van der Waals surface area contributed by atoms with Crippen molar-refractivity contribution < 1.29 is 4.39 Å². The largest absolute Gasteiger partial charge is 0.344 e. The lowest BCUT2D eigenvalue weighted by Crippen LogP contribution is -1.92. The molecule has 1 nitrogen and oxygen atoms in total. The molecule has 0 amide bonds. The molecule has 90 valence electrons. The van der Waals surface area contributed by atoms with E-state index in [1.807, 2.05) is 41.9 Å². The number of para-hydroxylation sites is 1. The van der Waals surface area contributed by atoms with Crippen molar-refractivity contribution in [1.82, 2.24) is 4.57 Å². The van der Waals surface area contributed by atoms with Crippen molar-refractivity contribution in [2.45, 2.75) is 0 Å². The Bertz CT molecular complexity index is 730. The van der Waals surface area contributed by atoms with Crippen LogP contribution in [-0.2, 0) is 7.05 Å². The van der Waals surface area contributed by atoms with E-state index in [9.17, 15) is 4.39 Å². The molecule has 1 heterocycles. The minimum atomic E-state index is -0.278. The molecule has 0 radical (unpaired) electrons. The van der Waals surface area contributed by atoms with Gasteiger partial charge in [0.05, 0.1) is 10.7 Å². The standard InChI is InChI=1S/C15H11ClFN/c1-18-14-5-3-2-4-10(14)8-15(18)12-9-11(17)6-7-13(12)16/h2-9H,1H3.